The van der Waals surface area contributed by atoms with Gasteiger partial charge in [0.05, 0.1) is 24.4 Å². The van der Waals surface area contributed by atoms with Crippen LogP contribution in [0.1, 0.15) is 45.7 Å². The van der Waals surface area contributed by atoms with Crippen molar-refractivity contribution >= 4 is 24.6 Å². The molecule has 24 heavy (non-hydrogen) atoms. The lowest BCUT2D eigenvalue weighted by atomic mass is 9.77. The van der Waals surface area contributed by atoms with Crippen molar-refractivity contribution in [3.05, 3.63) is 35.4 Å². The van der Waals surface area contributed by atoms with Gasteiger partial charge < -0.3 is 19.2 Å². The second-order valence-corrected chi connectivity index (χ2v) is 6.79. The summed E-state index contributed by atoms with van der Waals surface area (Å²) in [7, 11) is -0.488. The Kier molecular flexibility index (Phi) is 5.53. The Labute approximate surface area is 143 Å². The zero-order valence-electron chi connectivity index (χ0n) is 15.0. The van der Waals surface area contributed by atoms with Gasteiger partial charge in [-0.1, -0.05) is 18.2 Å². The third-order valence-electron chi connectivity index (χ3n) is 4.55. The molecule has 1 aromatic rings. The van der Waals surface area contributed by atoms with Crippen LogP contribution in [-0.4, -0.2) is 36.0 Å². The SMILES string of the molecule is CCOC(=O)/C=C/c1cc(B2OC(C)(C)C(C)(C)O2)ccc1CO. The minimum Gasteiger partial charge on any atom is -0.463 e. The molecule has 1 aliphatic rings. The number of benzene rings is 1. The van der Waals surface area contributed by atoms with Crippen molar-refractivity contribution in [2.45, 2.75) is 52.4 Å². The molecule has 1 N–H and O–H groups in total. The molecule has 1 heterocycles. The van der Waals surface area contributed by atoms with Crippen molar-refractivity contribution in [1.29, 1.82) is 0 Å². The maximum Gasteiger partial charge on any atom is 0.494 e. The highest BCUT2D eigenvalue weighted by atomic mass is 16.7. The van der Waals surface area contributed by atoms with E-state index in [0.717, 1.165) is 16.6 Å². The number of carbonyl (C=O) groups is 1. The molecule has 0 unspecified atom stereocenters. The molecule has 0 saturated carbocycles. The lowest BCUT2D eigenvalue weighted by Crippen LogP contribution is -2.41. The zero-order valence-corrected chi connectivity index (χ0v) is 15.0. The number of ether oxygens (including phenoxy) is 1. The van der Waals surface area contributed by atoms with E-state index >= 15 is 0 Å². The summed E-state index contributed by atoms with van der Waals surface area (Å²) in [5, 5.41) is 9.50. The van der Waals surface area contributed by atoms with Crippen molar-refractivity contribution < 1.29 is 23.9 Å². The number of hydrogen-bond donors (Lipinski definition) is 1. The largest absolute Gasteiger partial charge is 0.494 e. The Balaban J connectivity index is 2.28. The molecule has 0 aromatic heterocycles. The lowest BCUT2D eigenvalue weighted by molar-refractivity contribution is -0.137. The van der Waals surface area contributed by atoms with Gasteiger partial charge in [-0.3, -0.25) is 0 Å². The highest BCUT2D eigenvalue weighted by Crippen LogP contribution is 2.36. The molecular weight excluding hydrogens is 307 g/mol. The molecule has 6 heteroatoms. The van der Waals surface area contributed by atoms with Crippen LogP contribution in [0.15, 0.2) is 24.3 Å². The fraction of sp³-hybridized carbons (Fsp3) is 0.500. The molecule has 1 saturated heterocycles. The number of esters is 1. The second-order valence-electron chi connectivity index (χ2n) is 6.79. The van der Waals surface area contributed by atoms with Gasteiger partial charge in [0.2, 0.25) is 0 Å². The smallest absolute Gasteiger partial charge is 0.463 e. The first-order valence-corrected chi connectivity index (χ1v) is 8.14. The maximum absolute atomic E-state index is 11.5. The van der Waals surface area contributed by atoms with Gasteiger partial charge in [-0.05, 0) is 57.3 Å². The van der Waals surface area contributed by atoms with E-state index in [9.17, 15) is 9.90 Å². The standard InChI is InChI=1S/C18H25BO5/c1-6-22-16(21)10-8-13-11-15(9-7-14(13)12-20)19-23-17(2,3)18(4,5)24-19/h7-11,20H,6,12H2,1-5H3/b10-8+. The van der Waals surface area contributed by atoms with E-state index in [1.54, 1.807) is 13.0 Å². The van der Waals surface area contributed by atoms with Crippen LogP contribution < -0.4 is 5.46 Å². The molecule has 0 atom stereocenters. The Hall–Kier alpha value is -1.63. The minimum atomic E-state index is -0.488. The van der Waals surface area contributed by atoms with Crippen LogP contribution in [-0.2, 0) is 25.4 Å². The molecule has 0 radical (unpaired) electrons. The van der Waals surface area contributed by atoms with Crippen molar-refractivity contribution in [2.24, 2.45) is 0 Å². The number of aliphatic hydroxyl groups excluding tert-OH is 1. The van der Waals surface area contributed by atoms with Gasteiger partial charge in [0.15, 0.2) is 0 Å². The van der Waals surface area contributed by atoms with E-state index in [1.165, 1.54) is 6.08 Å². The van der Waals surface area contributed by atoms with Gasteiger partial charge in [0.25, 0.3) is 0 Å². The topological polar surface area (TPSA) is 65.0 Å². The summed E-state index contributed by atoms with van der Waals surface area (Å²) in [4.78, 5) is 11.5. The summed E-state index contributed by atoms with van der Waals surface area (Å²) in [6.07, 6.45) is 2.99. The van der Waals surface area contributed by atoms with Crippen LogP contribution in [0.2, 0.25) is 0 Å². The van der Waals surface area contributed by atoms with Crippen molar-refractivity contribution in [2.75, 3.05) is 6.61 Å². The summed E-state index contributed by atoms with van der Waals surface area (Å²) in [6.45, 7) is 9.95. The quantitative estimate of drug-likeness (QED) is 0.508. The van der Waals surface area contributed by atoms with Gasteiger partial charge >= 0.3 is 13.1 Å². The number of carbonyl (C=O) groups excluding carboxylic acids is 1. The van der Waals surface area contributed by atoms with E-state index < -0.39 is 24.3 Å². The van der Waals surface area contributed by atoms with E-state index in [1.807, 2.05) is 45.9 Å². The van der Waals surface area contributed by atoms with E-state index in [-0.39, 0.29) is 6.61 Å². The van der Waals surface area contributed by atoms with Crippen LogP contribution in [0.25, 0.3) is 6.08 Å². The van der Waals surface area contributed by atoms with Crippen LogP contribution in [0.5, 0.6) is 0 Å². The van der Waals surface area contributed by atoms with Gasteiger partial charge in [-0.15, -0.1) is 0 Å². The fourth-order valence-electron chi connectivity index (χ4n) is 2.39. The average molecular weight is 332 g/mol. The summed E-state index contributed by atoms with van der Waals surface area (Å²) in [5.74, 6) is -0.414. The number of aliphatic hydroxyl groups is 1. The summed E-state index contributed by atoms with van der Waals surface area (Å²) >= 11 is 0. The summed E-state index contributed by atoms with van der Waals surface area (Å²) < 4.78 is 17.0. The van der Waals surface area contributed by atoms with Crippen LogP contribution in [0, 0.1) is 0 Å². The second kappa shape index (κ2) is 7.09. The van der Waals surface area contributed by atoms with Gasteiger partial charge in [-0.2, -0.15) is 0 Å². The molecule has 0 amide bonds. The monoisotopic (exact) mass is 332 g/mol. The zero-order chi connectivity index (χ0) is 18.0. The number of rotatable bonds is 5. The molecule has 5 nitrogen and oxygen atoms in total. The van der Waals surface area contributed by atoms with Crippen molar-refractivity contribution in [3.8, 4) is 0 Å². The summed E-state index contributed by atoms with van der Waals surface area (Å²) in [6, 6.07) is 5.55. The maximum atomic E-state index is 11.5. The molecule has 0 spiro atoms. The molecule has 130 valence electrons. The Morgan fingerprint density at radius 1 is 1.25 bits per heavy atom. The first kappa shape index (κ1) is 18.7. The van der Waals surface area contributed by atoms with Crippen LogP contribution >= 0.6 is 0 Å². The van der Waals surface area contributed by atoms with Crippen LogP contribution in [0.4, 0.5) is 0 Å². The van der Waals surface area contributed by atoms with Gasteiger partial charge in [-0.25, -0.2) is 4.79 Å². The van der Waals surface area contributed by atoms with E-state index in [2.05, 4.69) is 0 Å². The average Bonchev–Trinajstić information content (AvgIpc) is 2.73. The minimum absolute atomic E-state index is 0.119. The molecule has 2 rings (SSSR count). The fourth-order valence-corrected chi connectivity index (χ4v) is 2.39. The highest BCUT2D eigenvalue weighted by Gasteiger charge is 2.51. The Bertz CT molecular complexity index is 620. The van der Waals surface area contributed by atoms with E-state index in [4.69, 9.17) is 14.0 Å². The third-order valence-corrected chi connectivity index (χ3v) is 4.55. The Morgan fingerprint density at radius 2 is 1.88 bits per heavy atom. The molecule has 0 aliphatic carbocycles. The third kappa shape index (κ3) is 3.88. The van der Waals surface area contributed by atoms with Gasteiger partial charge in [0.1, 0.15) is 0 Å². The molecule has 1 aliphatic heterocycles. The van der Waals surface area contributed by atoms with Gasteiger partial charge in [0, 0.05) is 6.08 Å². The molecule has 0 bridgehead atoms. The first-order valence-electron chi connectivity index (χ1n) is 8.14. The predicted octanol–water partition coefficient (Wildman–Crippen LogP) is 2.05. The first-order chi connectivity index (χ1) is 11.2. The summed E-state index contributed by atoms with van der Waals surface area (Å²) in [5.41, 5.74) is 1.45. The molecule has 1 fully saturated rings. The van der Waals surface area contributed by atoms with Crippen LogP contribution in [0.3, 0.4) is 0 Å². The van der Waals surface area contributed by atoms with E-state index in [0.29, 0.717) is 6.61 Å². The normalized spacial score (nSPS) is 19.0. The predicted molar refractivity (Wildman–Crippen MR) is 93.7 cm³/mol. The Morgan fingerprint density at radius 3 is 2.42 bits per heavy atom. The lowest BCUT2D eigenvalue weighted by Gasteiger charge is -2.32. The van der Waals surface area contributed by atoms with Crippen molar-refractivity contribution in [3.63, 3.8) is 0 Å². The highest BCUT2D eigenvalue weighted by molar-refractivity contribution is 6.62. The van der Waals surface area contributed by atoms with Crippen molar-refractivity contribution in [1.82, 2.24) is 0 Å². The molecular formula is C18H25BO5. The molecule has 1 aromatic carbocycles. The number of hydrogen-bond acceptors (Lipinski definition) is 5.